The average Bonchev–Trinajstić information content (AvgIpc) is 2.79. The van der Waals surface area contributed by atoms with Crippen LogP contribution in [-0.2, 0) is 23.9 Å². The first kappa shape index (κ1) is 29.9. The predicted molar refractivity (Wildman–Crippen MR) is 117 cm³/mol. The van der Waals surface area contributed by atoms with Crippen molar-refractivity contribution in [2.75, 3.05) is 46.4 Å². The van der Waals surface area contributed by atoms with E-state index in [0.29, 0.717) is 36.5 Å². The summed E-state index contributed by atoms with van der Waals surface area (Å²) in [6, 6.07) is 3.33. The van der Waals surface area contributed by atoms with Crippen molar-refractivity contribution in [3.8, 4) is 0 Å². The fourth-order valence-electron chi connectivity index (χ4n) is 2.20. The lowest BCUT2D eigenvalue weighted by Gasteiger charge is -2.32. The van der Waals surface area contributed by atoms with E-state index in [4.69, 9.17) is 25.2 Å². The van der Waals surface area contributed by atoms with Crippen molar-refractivity contribution in [2.45, 2.75) is 0 Å². The first-order valence-corrected chi connectivity index (χ1v) is 9.77. The Labute approximate surface area is 195 Å². The van der Waals surface area contributed by atoms with Crippen molar-refractivity contribution >= 4 is 29.8 Å². The number of esters is 1. The van der Waals surface area contributed by atoms with Crippen LogP contribution in [0.2, 0.25) is 0 Å². The third kappa shape index (κ3) is 17.6. The molecule has 0 unspecified atom stereocenters. The second kappa shape index (κ2) is 17.5. The maximum Gasteiger partial charge on any atom is 0.338 e. The number of hydrogen-bond donors (Lipinski definition) is 4. The van der Waals surface area contributed by atoms with Crippen molar-refractivity contribution in [3.63, 3.8) is 0 Å². The Morgan fingerprint density at radius 1 is 0.824 bits per heavy atom. The molecule has 1 aliphatic heterocycles. The first-order chi connectivity index (χ1) is 16.0. The number of aliphatic carboxylic acids is 4. The van der Waals surface area contributed by atoms with Gasteiger partial charge in [0, 0.05) is 69.4 Å². The van der Waals surface area contributed by atoms with Crippen molar-refractivity contribution in [1.82, 2.24) is 14.8 Å². The zero-order valence-corrected chi connectivity index (χ0v) is 18.4. The van der Waals surface area contributed by atoms with Crippen molar-refractivity contribution in [2.24, 2.45) is 0 Å². The highest BCUT2D eigenvalue weighted by Gasteiger charge is 2.14. The third-order valence-corrected chi connectivity index (χ3v) is 3.89. The third-order valence-electron chi connectivity index (χ3n) is 3.89. The van der Waals surface area contributed by atoms with E-state index in [9.17, 15) is 24.0 Å². The number of rotatable bonds is 8. The molecular formula is C21H27N3O10. The van der Waals surface area contributed by atoms with Gasteiger partial charge in [-0.15, -0.1) is 0 Å². The normalized spacial score (nSPS) is 13.8. The smallest absolute Gasteiger partial charge is 0.338 e. The Morgan fingerprint density at radius 3 is 1.62 bits per heavy atom. The van der Waals surface area contributed by atoms with E-state index >= 15 is 0 Å². The topological polar surface area (TPSA) is 195 Å². The van der Waals surface area contributed by atoms with Crippen molar-refractivity contribution in [3.05, 3.63) is 54.4 Å². The molecule has 1 aliphatic rings. The van der Waals surface area contributed by atoms with Crippen LogP contribution in [0.1, 0.15) is 10.4 Å². The fraction of sp³-hybridized carbons (Fsp3) is 0.333. The molecule has 1 fully saturated rings. The van der Waals surface area contributed by atoms with E-state index in [1.807, 2.05) is 0 Å². The van der Waals surface area contributed by atoms with Gasteiger partial charge in [0.05, 0.1) is 5.56 Å². The second-order valence-electron chi connectivity index (χ2n) is 6.54. The van der Waals surface area contributed by atoms with E-state index in [-0.39, 0.29) is 5.97 Å². The Kier molecular flexibility index (Phi) is 15.4. The van der Waals surface area contributed by atoms with Gasteiger partial charge in [0.15, 0.2) is 0 Å². The lowest BCUT2D eigenvalue weighted by molar-refractivity contribution is -0.134. The molecule has 34 heavy (non-hydrogen) atoms. The summed E-state index contributed by atoms with van der Waals surface area (Å²) in [5.74, 6) is -5.30. The van der Waals surface area contributed by atoms with Crippen LogP contribution in [0.3, 0.4) is 0 Å². The molecule has 2 heterocycles. The van der Waals surface area contributed by atoms with Gasteiger partial charge in [0.25, 0.3) is 0 Å². The molecule has 0 aromatic carbocycles. The summed E-state index contributed by atoms with van der Waals surface area (Å²) in [6.07, 6.45) is 5.42. The van der Waals surface area contributed by atoms with E-state index in [1.54, 1.807) is 24.5 Å². The number of pyridine rings is 1. The molecule has 1 aromatic heterocycles. The summed E-state index contributed by atoms with van der Waals surface area (Å²) in [5.41, 5.74) is 0.559. The number of nitrogens with zero attached hydrogens (tertiary/aromatic N) is 3. The minimum atomic E-state index is -1.26. The number of aromatic nitrogens is 1. The van der Waals surface area contributed by atoms with Gasteiger partial charge in [-0.1, -0.05) is 0 Å². The Morgan fingerprint density at radius 2 is 1.24 bits per heavy atom. The highest BCUT2D eigenvalue weighted by Crippen LogP contribution is 2.01. The Balaban J connectivity index is 0.000000570. The number of hydrogen-bond acceptors (Lipinski definition) is 9. The van der Waals surface area contributed by atoms with Crippen LogP contribution < -0.4 is 0 Å². The van der Waals surface area contributed by atoms with Gasteiger partial charge in [0.1, 0.15) is 6.61 Å². The number of piperazine rings is 1. The van der Waals surface area contributed by atoms with E-state index in [0.717, 1.165) is 32.7 Å². The zero-order chi connectivity index (χ0) is 25.9. The Hall–Kier alpha value is -4.10. The predicted octanol–water partition coefficient (Wildman–Crippen LogP) is -0.0906. The first-order valence-electron chi connectivity index (χ1n) is 9.77. The minimum absolute atomic E-state index is 0.272. The fourth-order valence-corrected chi connectivity index (χ4v) is 2.20. The van der Waals surface area contributed by atoms with E-state index < -0.39 is 23.9 Å². The summed E-state index contributed by atoms with van der Waals surface area (Å²) in [6.45, 7) is 5.51. The van der Waals surface area contributed by atoms with Crippen LogP contribution in [0.25, 0.3) is 0 Å². The highest BCUT2D eigenvalue weighted by atomic mass is 16.5. The molecule has 0 spiro atoms. The standard InChI is InChI=1S/C13H19N3O2.2C4H4O4/c1-15-6-8-16(9-7-15)10-11-18-13(17)12-2-4-14-5-3-12;2*5-3(6)1-2-4(7)8/h2-5H,6-11H2,1H3;2*1-2H,(H,5,6)(H,7,8). The molecular weight excluding hydrogens is 454 g/mol. The SMILES string of the molecule is CN1CCN(CCOC(=O)c2ccncc2)CC1.O=C(O)C=CC(=O)O.O=C(O)C=CC(=O)O. The van der Waals surface area contributed by atoms with Crippen LogP contribution in [0.5, 0.6) is 0 Å². The zero-order valence-electron chi connectivity index (χ0n) is 18.4. The van der Waals surface area contributed by atoms with Crippen molar-refractivity contribution < 1.29 is 49.1 Å². The molecule has 0 radical (unpaired) electrons. The molecule has 0 saturated carbocycles. The van der Waals surface area contributed by atoms with Crippen LogP contribution >= 0.6 is 0 Å². The van der Waals surface area contributed by atoms with E-state index in [1.165, 1.54) is 0 Å². The van der Waals surface area contributed by atoms with Crippen LogP contribution in [0.15, 0.2) is 48.8 Å². The van der Waals surface area contributed by atoms with Gasteiger partial charge >= 0.3 is 29.8 Å². The summed E-state index contributed by atoms with van der Waals surface area (Å²) >= 11 is 0. The molecule has 13 heteroatoms. The molecule has 4 N–H and O–H groups in total. The molecule has 1 saturated heterocycles. The van der Waals surface area contributed by atoms with Gasteiger partial charge in [-0.2, -0.15) is 0 Å². The number of ether oxygens (including phenoxy) is 1. The highest BCUT2D eigenvalue weighted by molar-refractivity contribution is 5.90. The van der Waals surface area contributed by atoms with Crippen LogP contribution in [0.4, 0.5) is 0 Å². The second-order valence-corrected chi connectivity index (χ2v) is 6.54. The summed E-state index contributed by atoms with van der Waals surface area (Å²) in [5, 5.41) is 31.2. The Bertz CT molecular complexity index is 797. The maximum absolute atomic E-state index is 11.7. The number of carboxylic acids is 4. The maximum atomic E-state index is 11.7. The lowest BCUT2D eigenvalue weighted by Crippen LogP contribution is -2.45. The molecule has 186 valence electrons. The summed E-state index contributed by atoms with van der Waals surface area (Å²) < 4.78 is 5.24. The van der Waals surface area contributed by atoms with Crippen LogP contribution in [0, 0.1) is 0 Å². The molecule has 13 nitrogen and oxygen atoms in total. The van der Waals surface area contributed by atoms with Gasteiger partial charge in [-0.3, -0.25) is 9.88 Å². The van der Waals surface area contributed by atoms with Gasteiger partial charge in [-0.25, -0.2) is 24.0 Å². The largest absolute Gasteiger partial charge is 0.478 e. The summed E-state index contributed by atoms with van der Waals surface area (Å²) in [7, 11) is 2.13. The molecule has 0 atom stereocenters. The van der Waals surface area contributed by atoms with Crippen molar-refractivity contribution in [1.29, 1.82) is 0 Å². The number of likely N-dealkylation sites (N-methyl/N-ethyl adjacent to an activating group) is 1. The van der Waals surface area contributed by atoms with Gasteiger partial charge in [0.2, 0.25) is 0 Å². The molecule has 2 rings (SSSR count). The molecule has 0 amide bonds. The van der Waals surface area contributed by atoms with Gasteiger partial charge in [-0.05, 0) is 19.2 Å². The van der Waals surface area contributed by atoms with Crippen LogP contribution in [-0.4, -0.2) is 111 Å². The average molecular weight is 481 g/mol. The molecule has 1 aromatic rings. The van der Waals surface area contributed by atoms with Gasteiger partial charge < -0.3 is 30.1 Å². The van der Waals surface area contributed by atoms with E-state index in [2.05, 4.69) is 21.8 Å². The minimum Gasteiger partial charge on any atom is -0.478 e. The lowest BCUT2D eigenvalue weighted by atomic mass is 10.3. The number of carboxylic acid groups (broad SMARTS) is 4. The molecule has 0 bridgehead atoms. The monoisotopic (exact) mass is 481 g/mol. The number of carbonyl (C=O) groups excluding carboxylic acids is 1. The molecule has 0 aliphatic carbocycles. The number of carbonyl (C=O) groups is 5. The quantitative estimate of drug-likeness (QED) is 0.284. The summed E-state index contributed by atoms with van der Waals surface area (Å²) in [4.78, 5) is 58.4.